The Hall–Kier alpha value is -5.30. The number of benzene rings is 4. The van der Waals surface area contributed by atoms with Crippen LogP contribution < -0.4 is 0 Å². The average Bonchev–Trinajstić information content (AvgIpc) is 3.07. The van der Waals surface area contributed by atoms with E-state index in [9.17, 15) is 34.5 Å². The highest BCUT2D eigenvalue weighted by molar-refractivity contribution is 6.16. The molecule has 4 aromatic carbocycles. The minimum absolute atomic E-state index is 0.168. The summed E-state index contributed by atoms with van der Waals surface area (Å²) in [5.41, 5.74) is 0.584. The number of aliphatic hydroxyl groups is 3. The average molecular weight is 628 g/mol. The van der Waals surface area contributed by atoms with Crippen molar-refractivity contribution in [2.45, 2.75) is 18.6 Å². The molecular formula is C34H33N3O9. The third-order valence-electron chi connectivity index (χ3n) is 7.44. The van der Waals surface area contributed by atoms with Gasteiger partial charge in [-0.2, -0.15) is 0 Å². The first kappa shape index (κ1) is 32.1. The van der Waals surface area contributed by atoms with Gasteiger partial charge in [-0.25, -0.2) is 24.1 Å². The van der Waals surface area contributed by atoms with Crippen molar-refractivity contribution in [2.24, 2.45) is 0 Å². The first-order chi connectivity index (χ1) is 22.2. The zero-order valence-corrected chi connectivity index (χ0v) is 24.8. The van der Waals surface area contributed by atoms with Gasteiger partial charge in [0.05, 0.1) is 24.2 Å². The molecule has 0 spiro atoms. The summed E-state index contributed by atoms with van der Waals surface area (Å²) < 4.78 is 10.6. The normalized spacial score (nSPS) is 16.4. The van der Waals surface area contributed by atoms with Gasteiger partial charge >= 0.3 is 24.0 Å². The molecule has 12 heteroatoms. The van der Waals surface area contributed by atoms with Crippen LogP contribution in [-0.4, -0.2) is 105 Å². The largest absolute Gasteiger partial charge is 0.459 e. The van der Waals surface area contributed by atoms with Gasteiger partial charge in [-0.15, -0.1) is 6.58 Å². The fourth-order valence-electron chi connectivity index (χ4n) is 5.25. The Kier molecular flexibility index (Phi) is 9.91. The number of carbonyl (C=O) groups is 4. The number of amides is 4. The van der Waals surface area contributed by atoms with E-state index in [0.717, 1.165) is 20.6 Å². The molecule has 0 aliphatic carbocycles. The first-order valence-corrected chi connectivity index (χ1v) is 14.5. The lowest BCUT2D eigenvalue weighted by Crippen LogP contribution is -2.68. The fraction of sp³-hybridized carbons (Fsp3) is 0.235. The van der Waals surface area contributed by atoms with E-state index in [1.165, 1.54) is 18.2 Å². The molecule has 3 N–H and O–H groups in total. The number of rotatable bonds is 12. The van der Waals surface area contributed by atoms with Crippen molar-refractivity contribution in [1.82, 2.24) is 14.7 Å². The highest BCUT2D eigenvalue weighted by atomic mass is 16.5. The number of esters is 2. The number of hydrogen-bond acceptors (Lipinski definition) is 9. The summed E-state index contributed by atoms with van der Waals surface area (Å²) in [6.07, 6.45) is -3.35. The summed E-state index contributed by atoms with van der Waals surface area (Å²) in [6.45, 7) is 1.26. The smallest absolute Gasteiger partial charge is 0.339 e. The standard InChI is InChI=1S/C34H33N3O9/c1-2-16-35-32(42)36(18-25(38)20-45-30(40)22-10-4-3-5-11-22)34(44)37(33(35)43)19-26(39)21-46-31(41)29-27-14-8-6-12-23(27)17-24-13-7-9-15-28(24)29/h2-15,17,25-26,32,38-39,42H,1,16,18-21H2. The summed E-state index contributed by atoms with van der Waals surface area (Å²) in [6, 6.07) is 22.8. The van der Waals surface area contributed by atoms with Crippen molar-refractivity contribution >= 4 is 45.5 Å². The van der Waals surface area contributed by atoms with Crippen LogP contribution in [0.1, 0.15) is 20.7 Å². The molecule has 3 atom stereocenters. The zero-order valence-electron chi connectivity index (χ0n) is 24.8. The Labute approximate surface area is 264 Å². The lowest BCUT2D eigenvalue weighted by molar-refractivity contribution is -0.105. The number of fused-ring (bicyclic) bond motifs is 2. The summed E-state index contributed by atoms with van der Waals surface area (Å²) in [5, 5.41) is 35.2. The summed E-state index contributed by atoms with van der Waals surface area (Å²) >= 11 is 0. The molecule has 238 valence electrons. The maximum atomic E-state index is 13.4. The lowest BCUT2D eigenvalue weighted by Gasteiger charge is -2.45. The number of carbonyl (C=O) groups excluding carboxylic acids is 4. The molecule has 3 unspecified atom stereocenters. The molecule has 0 radical (unpaired) electrons. The van der Waals surface area contributed by atoms with E-state index in [0.29, 0.717) is 21.2 Å². The number of hydrogen-bond donors (Lipinski definition) is 3. The van der Waals surface area contributed by atoms with Crippen LogP contribution in [0.15, 0.2) is 97.6 Å². The van der Waals surface area contributed by atoms with Gasteiger partial charge in [-0.05, 0) is 39.7 Å². The zero-order chi connectivity index (χ0) is 32.8. The second kappa shape index (κ2) is 14.2. The van der Waals surface area contributed by atoms with Crippen molar-refractivity contribution in [3.05, 3.63) is 109 Å². The van der Waals surface area contributed by atoms with Crippen molar-refractivity contribution in [3.8, 4) is 0 Å². The van der Waals surface area contributed by atoms with Gasteiger partial charge in [0.15, 0.2) is 0 Å². The molecule has 1 aliphatic heterocycles. The van der Waals surface area contributed by atoms with Crippen LogP contribution in [0, 0.1) is 0 Å². The number of urea groups is 2. The monoisotopic (exact) mass is 627 g/mol. The Bertz CT molecular complexity index is 1710. The van der Waals surface area contributed by atoms with E-state index in [-0.39, 0.29) is 12.1 Å². The predicted molar refractivity (Wildman–Crippen MR) is 168 cm³/mol. The molecular weight excluding hydrogens is 594 g/mol. The van der Waals surface area contributed by atoms with Gasteiger partial charge in [0.1, 0.15) is 25.4 Å². The highest BCUT2D eigenvalue weighted by Gasteiger charge is 2.44. The third kappa shape index (κ3) is 6.84. The molecule has 12 nitrogen and oxygen atoms in total. The molecule has 1 saturated heterocycles. The van der Waals surface area contributed by atoms with Crippen LogP contribution in [0.3, 0.4) is 0 Å². The molecule has 1 fully saturated rings. The van der Waals surface area contributed by atoms with E-state index in [1.807, 2.05) is 30.3 Å². The van der Waals surface area contributed by atoms with Gasteiger partial charge in [-0.3, -0.25) is 9.80 Å². The molecule has 4 amide bonds. The van der Waals surface area contributed by atoms with Crippen LogP contribution in [0.4, 0.5) is 9.59 Å². The summed E-state index contributed by atoms with van der Waals surface area (Å²) in [7, 11) is 0. The lowest BCUT2D eigenvalue weighted by atomic mass is 9.97. The van der Waals surface area contributed by atoms with E-state index in [4.69, 9.17) is 9.47 Å². The Morgan fingerprint density at radius 1 is 0.761 bits per heavy atom. The topological polar surface area (TPSA) is 157 Å². The Morgan fingerprint density at radius 3 is 1.89 bits per heavy atom. The summed E-state index contributed by atoms with van der Waals surface area (Å²) in [5.74, 6) is -1.38. The minimum atomic E-state index is -1.77. The SMILES string of the molecule is C=CCN1C(=O)N(CC(O)COC(=O)c2c3ccccc3cc3ccccc23)C(=O)N(CC(O)COC(=O)c2ccccc2)C1O. The number of ether oxygens (including phenoxy) is 2. The molecule has 1 aliphatic rings. The van der Waals surface area contributed by atoms with Crippen molar-refractivity contribution in [2.75, 3.05) is 32.8 Å². The van der Waals surface area contributed by atoms with Crippen LogP contribution >= 0.6 is 0 Å². The number of aliphatic hydroxyl groups excluding tert-OH is 3. The van der Waals surface area contributed by atoms with E-state index in [1.54, 1.807) is 42.5 Å². The third-order valence-corrected chi connectivity index (χ3v) is 7.44. The van der Waals surface area contributed by atoms with Gasteiger partial charge in [0, 0.05) is 6.54 Å². The second-order valence-corrected chi connectivity index (χ2v) is 10.7. The van der Waals surface area contributed by atoms with Crippen molar-refractivity contribution in [1.29, 1.82) is 0 Å². The van der Waals surface area contributed by atoms with Crippen molar-refractivity contribution < 1.29 is 44.0 Å². The highest BCUT2D eigenvalue weighted by Crippen LogP contribution is 2.29. The van der Waals surface area contributed by atoms with Gasteiger partial charge in [0.2, 0.25) is 6.35 Å². The fourth-order valence-corrected chi connectivity index (χ4v) is 5.25. The predicted octanol–water partition coefficient (Wildman–Crippen LogP) is 3.35. The van der Waals surface area contributed by atoms with Crippen LogP contribution in [0.25, 0.3) is 21.5 Å². The quantitative estimate of drug-likeness (QED) is 0.122. The molecule has 0 saturated carbocycles. The van der Waals surface area contributed by atoms with Crippen LogP contribution in [-0.2, 0) is 9.47 Å². The van der Waals surface area contributed by atoms with Crippen LogP contribution in [0.5, 0.6) is 0 Å². The first-order valence-electron chi connectivity index (χ1n) is 14.5. The number of β-amino-alcohol motifs (C(OH)–C–C–N with tert-alkyl or cyclic N) is 2. The molecule has 46 heavy (non-hydrogen) atoms. The van der Waals surface area contributed by atoms with E-state index in [2.05, 4.69) is 6.58 Å². The molecule has 0 aromatic heterocycles. The molecule has 4 aromatic rings. The molecule has 0 bridgehead atoms. The number of imide groups is 1. The maximum Gasteiger partial charge on any atom is 0.339 e. The van der Waals surface area contributed by atoms with Crippen LogP contribution in [0.2, 0.25) is 0 Å². The number of nitrogens with zero attached hydrogens (tertiary/aromatic N) is 3. The molecule has 1 heterocycles. The van der Waals surface area contributed by atoms with Gasteiger partial charge < -0.3 is 24.8 Å². The van der Waals surface area contributed by atoms with E-state index >= 15 is 0 Å². The molecule has 5 rings (SSSR count). The second-order valence-electron chi connectivity index (χ2n) is 10.7. The maximum absolute atomic E-state index is 13.4. The van der Waals surface area contributed by atoms with Crippen molar-refractivity contribution in [3.63, 3.8) is 0 Å². The Balaban J connectivity index is 1.26. The van der Waals surface area contributed by atoms with Gasteiger partial charge in [0.25, 0.3) is 0 Å². The van der Waals surface area contributed by atoms with Gasteiger partial charge in [-0.1, -0.05) is 72.8 Å². The van der Waals surface area contributed by atoms with E-state index < -0.39 is 68.9 Å². The Morgan fingerprint density at radius 2 is 1.28 bits per heavy atom. The minimum Gasteiger partial charge on any atom is -0.459 e. The summed E-state index contributed by atoms with van der Waals surface area (Å²) in [4.78, 5) is 54.5.